The number of allylic oxidation sites excluding steroid dienone is 1. The number of nitriles is 1. The summed E-state index contributed by atoms with van der Waals surface area (Å²) in [7, 11) is 1.27. The van der Waals surface area contributed by atoms with Crippen molar-refractivity contribution >= 4 is 11.5 Å². The summed E-state index contributed by atoms with van der Waals surface area (Å²) in [6.45, 7) is 2.48. The fraction of sp³-hybridized carbons (Fsp3) is 0.231. The van der Waals surface area contributed by atoms with E-state index in [4.69, 9.17) is 10.00 Å². The largest absolute Gasteiger partial charge is 0.494 e. The normalized spacial score (nSPS) is 10.5. The number of carbonyl (C=O) groups is 1. The number of methoxy groups -OCH3 is 1. The van der Waals surface area contributed by atoms with Gasteiger partial charge in [0.25, 0.3) is 0 Å². The number of benzene rings is 1. The third kappa shape index (κ3) is 3.65. The summed E-state index contributed by atoms with van der Waals surface area (Å²) in [6.07, 6.45) is 1.16. The van der Waals surface area contributed by atoms with Crippen LogP contribution in [0.2, 0.25) is 0 Å². The van der Waals surface area contributed by atoms with Crippen LogP contribution in [0.15, 0.2) is 30.3 Å². The minimum Gasteiger partial charge on any atom is -0.494 e. The Hall–Kier alpha value is -2.28. The Balaban J connectivity index is 2.94. The molecule has 0 radical (unpaired) electrons. The Labute approximate surface area is 100 Å². The van der Waals surface area contributed by atoms with Crippen LogP contribution in [0.1, 0.15) is 12.5 Å². The Bertz CT molecular complexity index is 455. The third-order valence-corrected chi connectivity index (χ3v) is 2.06. The molecule has 17 heavy (non-hydrogen) atoms. The maximum atomic E-state index is 11.0. The Morgan fingerprint density at radius 2 is 2.06 bits per heavy atom. The van der Waals surface area contributed by atoms with E-state index < -0.39 is 5.97 Å². The van der Waals surface area contributed by atoms with Gasteiger partial charge in [-0.25, -0.2) is 4.79 Å². The van der Waals surface area contributed by atoms with Crippen molar-refractivity contribution in [2.24, 2.45) is 0 Å². The molecule has 0 N–H and O–H groups in total. The summed E-state index contributed by atoms with van der Waals surface area (Å²) in [4.78, 5) is 11.0. The van der Waals surface area contributed by atoms with Gasteiger partial charge in [0.15, 0.2) is 0 Å². The molecule has 0 amide bonds. The highest BCUT2D eigenvalue weighted by atomic mass is 16.5. The summed E-state index contributed by atoms with van der Waals surface area (Å²) < 4.78 is 9.76. The van der Waals surface area contributed by atoms with Gasteiger partial charge in [0.1, 0.15) is 11.8 Å². The number of rotatable bonds is 4. The van der Waals surface area contributed by atoms with Crippen LogP contribution < -0.4 is 4.74 Å². The van der Waals surface area contributed by atoms with Gasteiger partial charge in [-0.2, -0.15) is 5.26 Å². The highest BCUT2D eigenvalue weighted by molar-refractivity contribution is 5.95. The third-order valence-electron chi connectivity index (χ3n) is 2.06. The van der Waals surface area contributed by atoms with E-state index >= 15 is 0 Å². The van der Waals surface area contributed by atoms with Crippen molar-refractivity contribution in [3.8, 4) is 11.8 Å². The van der Waals surface area contributed by atoms with Crippen LogP contribution in [-0.2, 0) is 9.53 Å². The summed E-state index contributed by atoms with van der Waals surface area (Å²) in [5.41, 5.74) is 0.918. The molecule has 1 rings (SSSR count). The van der Waals surface area contributed by atoms with Gasteiger partial charge >= 0.3 is 5.97 Å². The van der Waals surface area contributed by atoms with Crippen LogP contribution in [0.5, 0.6) is 5.75 Å². The van der Waals surface area contributed by atoms with Gasteiger partial charge in [-0.15, -0.1) is 0 Å². The van der Waals surface area contributed by atoms with Gasteiger partial charge in [0, 0.05) is 6.08 Å². The topological polar surface area (TPSA) is 59.3 Å². The fourth-order valence-corrected chi connectivity index (χ4v) is 1.25. The molecule has 4 nitrogen and oxygen atoms in total. The van der Waals surface area contributed by atoms with Gasteiger partial charge in [-0.3, -0.25) is 0 Å². The standard InChI is InChI=1S/C13H13NO3/c1-3-17-12-6-4-10(5-7-12)11(9-14)8-13(15)16-2/h4-8H,3H2,1-2H3. The first kappa shape index (κ1) is 12.8. The number of ether oxygens (including phenoxy) is 2. The number of carbonyl (C=O) groups excluding carboxylic acids is 1. The van der Waals surface area contributed by atoms with Gasteiger partial charge in [0.2, 0.25) is 0 Å². The summed E-state index contributed by atoms with van der Waals surface area (Å²) in [5, 5.41) is 8.94. The number of hydrogen-bond acceptors (Lipinski definition) is 4. The smallest absolute Gasteiger partial charge is 0.331 e. The van der Waals surface area contributed by atoms with E-state index in [0.717, 1.165) is 11.8 Å². The molecule has 0 aromatic heterocycles. The molecule has 1 aromatic carbocycles. The molecule has 88 valence electrons. The summed E-state index contributed by atoms with van der Waals surface area (Å²) in [5.74, 6) is 0.182. The minimum absolute atomic E-state index is 0.264. The lowest BCUT2D eigenvalue weighted by atomic mass is 10.1. The molecular weight excluding hydrogens is 218 g/mol. The maximum Gasteiger partial charge on any atom is 0.331 e. The predicted molar refractivity (Wildman–Crippen MR) is 63.2 cm³/mol. The van der Waals surface area contributed by atoms with E-state index in [1.54, 1.807) is 24.3 Å². The fourth-order valence-electron chi connectivity index (χ4n) is 1.25. The lowest BCUT2D eigenvalue weighted by molar-refractivity contribution is -0.134. The molecule has 0 aliphatic heterocycles. The van der Waals surface area contributed by atoms with Gasteiger partial charge < -0.3 is 9.47 Å². The van der Waals surface area contributed by atoms with Crippen molar-refractivity contribution in [2.75, 3.05) is 13.7 Å². The van der Waals surface area contributed by atoms with Crippen molar-refractivity contribution in [2.45, 2.75) is 6.92 Å². The van der Waals surface area contributed by atoms with E-state index in [9.17, 15) is 4.79 Å². The lowest BCUT2D eigenvalue weighted by Gasteiger charge is -2.03. The second-order valence-electron chi connectivity index (χ2n) is 3.15. The van der Waals surface area contributed by atoms with Crippen LogP contribution in [0, 0.1) is 11.3 Å². The molecule has 0 saturated carbocycles. The molecular formula is C13H13NO3. The van der Waals surface area contributed by atoms with Crippen LogP contribution in [-0.4, -0.2) is 19.7 Å². The minimum atomic E-state index is -0.546. The van der Waals surface area contributed by atoms with E-state index in [1.165, 1.54) is 7.11 Å². The average molecular weight is 231 g/mol. The molecule has 0 aliphatic carbocycles. The van der Waals surface area contributed by atoms with Crippen LogP contribution in [0.25, 0.3) is 5.57 Å². The number of nitrogens with zero attached hydrogens (tertiary/aromatic N) is 1. The summed E-state index contributed by atoms with van der Waals surface area (Å²) >= 11 is 0. The predicted octanol–water partition coefficient (Wildman–Crippen LogP) is 2.17. The average Bonchev–Trinajstić information content (AvgIpc) is 2.37. The quantitative estimate of drug-likeness (QED) is 0.452. The van der Waals surface area contributed by atoms with Crippen LogP contribution >= 0.6 is 0 Å². The number of hydrogen-bond donors (Lipinski definition) is 0. The molecule has 1 aromatic rings. The van der Waals surface area contributed by atoms with Crippen molar-refractivity contribution in [1.82, 2.24) is 0 Å². The van der Waals surface area contributed by atoms with Gasteiger partial charge in [-0.05, 0) is 36.8 Å². The highest BCUT2D eigenvalue weighted by Crippen LogP contribution is 2.18. The molecule has 0 atom stereocenters. The first-order valence-electron chi connectivity index (χ1n) is 5.14. The Morgan fingerprint density at radius 1 is 1.41 bits per heavy atom. The molecule has 4 heteroatoms. The van der Waals surface area contributed by atoms with Gasteiger partial charge in [0.05, 0.1) is 19.3 Å². The van der Waals surface area contributed by atoms with Crippen LogP contribution in [0.4, 0.5) is 0 Å². The number of esters is 1. The molecule has 0 spiro atoms. The summed E-state index contributed by atoms with van der Waals surface area (Å²) in [6, 6.07) is 8.91. The Kier molecular flexibility index (Phi) is 4.77. The lowest BCUT2D eigenvalue weighted by Crippen LogP contribution is -1.96. The maximum absolute atomic E-state index is 11.0. The molecule has 0 heterocycles. The molecule has 0 unspecified atom stereocenters. The van der Waals surface area contributed by atoms with E-state index in [0.29, 0.717) is 12.2 Å². The molecule has 0 saturated heterocycles. The second kappa shape index (κ2) is 6.33. The van der Waals surface area contributed by atoms with Gasteiger partial charge in [-0.1, -0.05) is 0 Å². The van der Waals surface area contributed by atoms with E-state index in [2.05, 4.69) is 4.74 Å². The van der Waals surface area contributed by atoms with E-state index in [1.807, 2.05) is 13.0 Å². The zero-order chi connectivity index (χ0) is 12.7. The second-order valence-corrected chi connectivity index (χ2v) is 3.15. The first-order chi connectivity index (χ1) is 8.21. The van der Waals surface area contributed by atoms with Crippen molar-refractivity contribution in [1.29, 1.82) is 5.26 Å². The van der Waals surface area contributed by atoms with Crippen molar-refractivity contribution in [3.63, 3.8) is 0 Å². The molecule has 0 aliphatic rings. The zero-order valence-corrected chi connectivity index (χ0v) is 9.77. The monoisotopic (exact) mass is 231 g/mol. The first-order valence-corrected chi connectivity index (χ1v) is 5.14. The SMILES string of the molecule is CCOc1ccc(C(C#N)=CC(=O)OC)cc1. The highest BCUT2D eigenvalue weighted by Gasteiger charge is 2.04. The zero-order valence-electron chi connectivity index (χ0n) is 9.77. The Morgan fingerprint density at radius 3 is 2.53 bits per heavy atom. The van der Waals surface area contributed by atoms with Crippen LogP contribution in [0.3, 0.4) is 0 Å². The van der Waals surface area contributed by atoms with E-state index in [-0.39, 0.29) is 5.57 Å². The molecule has 0 bridgehead atoms. The van der Waals surface area contributed by atoms with Crippen molar-refractivity contribution < 1.29 is 14.3 Å². The van der Waals surface area contributed by atoms with Crippen molar-refractivity contribution in [3.05, 3.63) is 35.9 Å². The molecule has 0 fully saturated rings.